The Balaban J connectivity index is 1.63. The Hall–Kier alpha value is -0.900. The van der Waals surface area contributed by atoms with E-state index in [1.165, 1.54) is 36.1 Å². The summed E-state index contributed by atoms with van der Waals surface area (Å²) in [6.45, 7) is 0.892. The Kier molecular flexibility index (Phi) is 4.16. The second-order valence-corrected chi connectivity index (χ2v) is 6.54. The van der Waals surface area contributed by atoms with E-state index in [1.54, 1.807) is 11.3 Å². The molecule has 3 rings (SSSR count). The van der Waals surface area contributed by atoms with E-state index in [0.29, 0.717) is 6.04 Å². The maximum Gasteiger partial charge on any atom is 0.107 e. The number of hydrogen-bond acceptors (Lipinski definition) is 3. The number of aromatic nitrogens is 1. The topological polar surface area (TPSA) is 24.9 Å². The molecule has 1 heterocycles. The van der Waals surface area contributed by atoms with E-state index < -0.39 is 0 Å². The largest absolute Gasteiger partial charge is 0.308 e. The molecule has 19 heavy (non-hydrogen) atoms. The molecular formula is C15H17ClN2S. The molecule has 0 radical (unpaired) electrons. The van der Waals surface area contributed by atoms with Gasteiger partial charge in [-0.1, -0.05) is 36.6 Å². The zero-order valence-corrected chi connectivity index (χ0v) is 12.3. The summed E-state index contributed by atoms with van der Waals surface area (Å²) in [4.78, 5) is 5.71. The van der Waals surface area contributed by atoms with Gasteiger partial charge in [0.2, 0.25) is 0 Å². The molecule has 1 aliphatic rings. The van der Waals surface area contributed by atoms with E-state index in [1.807, 2.05) is 30.5 Å². The molecule has 1 fully saturated rings. The molecule has 1 aromatic carbocycles. The molecule has 2 aromatic rings. The van der Waals surface area contributed by atoms with Crippen molar-refractivity contribution in [2.24, 2.45) is 0 Å². The number of halogens is 1. The molecule has 0 amide bonds. The molecule has 0 bridgehead atoms. The summed E-state index contributed by atoms with van der Waals surface area (Å²) in [7, 11) is 0. The minimum Gasteiger partial charge on any atom is -0.308 e. The van der Waals surface area contributed by atoms with E-state index >= 15 is 0 Å². The van der Waals surface area contributed by atoms with Crippen molar-refractivity contribution in [1.29, 1.82) is 0 Å². The highest BCUT2D eigenvalue weighted by atomic mass is 35.5. The molecular weight excluding hydrogens is 276 g/mol. The third kappa shape index (κ3) is 3.35. The number of hydrogen-bond donors (Lipinski definition) is 1. The first-order chi connectivity index (χ1) is 9.31. The van der Waals surface area contributed by atoms with Gasteiger partial charge in [0, 0.05) is 23.8 Å². The summed E-state index contributed by atoms with van der Waals surface area (Å²) >= 11 is 7.66. The monoisotopic (exact) mass is 292 g/mol. The number of benzene rings is 1. The van der Waals surface area contributed by atoms with E-state index in [9.17, 15) is 0 Å². The normalized spacial score (nSPS) is 16.1. The minimum absolute atomic E-state index is 0.697. The summed E-state index contributed by atoms with van der Waals surface area (Å²) in [5, 5.41) is 5.54. The molecule has 0 atom stereocenters. The van der Waals surface area contributed by atoms with Crippen LogP contribution >= 0.6 is 22.9 Å². The van der Waals surface area contributed by atoms with Gasteiger partial charge < -0.3 is 5.32 Å². The highest BCUT2D eigenvalue weighted by Gasteiger charge is 2.14. The Morgan fingerprint density at radius 2 is 1.95 bits per heavy atom. The highest BCUT2D eigenvalue weighted by Crippen LogP contribution is 2.27. The fraction of sp³-hybridized carbons (Fsp3) is 0.400. The molecule has 1 N–H and O–H groups in total. The molecule has 0 aliphatic heterocycles. The molecule has 0 spiro atoms. The Labute approximate surface area is 122 Å². The predicted octanol–water partition coefficient (Wildman–Crippen LogP) is 4.50. The van der Waals surface area contributed by atoms with Crippen LogP contribution in [0, 0.1) is 0 Å². The van der Waals surface area contributed by atoms with Crippen LogP contribution in [0.2, 0.25) is 5.02 Å². The van der Waals surface area contributed by atoms with Gasteiger partial charge in [-0.15, -0.1) is 11.3 Å². The second kappa shape index (κ2) is 6.04. The van der Waals surface area contributed by atoms with Gasteiger partial charge in [0.25, 0.3) is 0 Å². The summed E-state index contributed by atoms with van der Waals surface area (Å²) in [5.74, 6) is 0. The quantitative estimate of drug-likeness (QED) is 0.898. The lowest BCUT2D eigenvalue weighted by Crippen LogP contribution is -2.25. The Morgan fingerprint density at radius 1 is 1.21 bits per heavy atom. The maximum absolute atomic E-state index is 5.90. The lowest BCUT2D eigenvalue weighted by atomic mass is 10.2. The van der Waals surface area contributed by atoms with Crippen LogP contribution in [0.1, 0.15) is 30.7 Å². The molecule has 1 aromatic heterocycles. The molecule has 100 valence electrons. The van der Waals surface area contributed by atoms with Crippen molar-refractivity contribution in [2.75, 3.05) is 0 Å². The first-order valence-electron chi connectivity index (χ1n) is 6.75. The number of rotatable bonds is 4. The standard InChI is InChI=1S/C15H17ClN2S/c16-12-7-5-11(6-8-12)14-9-18-15(19-14)10-17-13-3-1-2-4-13/h5-9,13,17H,1-4,10H2. The van der Waals surface area contributed by atoms with Crippen LogP contribution in [-0.4, -0.2) is 11.0 Å². The van der Waals surface area contributed by atoms with Crippen LogP contribution in [0.15, 0.2) is 30.5 Å². The summed E-state index contributed by atoms with van der Waals surface area (Å²) in [6.07, 6.45) is 7.32. The SMILES string of the molecule is Clc1ccc(-c2cnc(CNC3CCCC3)s2)cc1. The third-order valence-corrected chi connectivity index (χ3v) is 4.88. The van der Waals surface area contributed by atoms with Gasteiger partial charge >= 0.3 is 0 Å². The minimum atomic E-state index is 0.697. The summed E-state index contributed by atoms with van der Waals surface area (Å²) < 4.78 is 0. The van der Waals surface area contributed by atoms with Crippen LogP contribution in [0.4, 0.5) is 0 Å². The van der Waals surface area contributed by atoms with Crippen molar-refractivity contribution >= 4 is 22.9 Å². The predicted molar refractivity (Wildman–Crippen MR) is 81.7 cm³/mol. The van der Waals surface area contributed by atoms with Gasteiger partial charge in [0.05, 0.1) is 4.88 Å². The van der Waals surface area contributed by atoms with Crippen LogP contribution in [0.5, 0.6) is 0 Å². The van der Waals surface area contributed by atoms with Crippen molar-refractivity contribution in [3.8, 4) is 10.4 Å². The van der Waals surface area contributed by atoms with Gasteiger partial charge in [0.15, 0.2) is 0 Å². The average Bonchev–Trinajstić information content (AvgIpc) is 3.09. The average molecular weight is 293 g/mol. The molecule has 2 nitrogen and oxygen atoms in total. The first-order valence-corrected chi connectivity index (χ1v) is 7.95. The van der Waals surface area contributed by atoms with Crippen molar-refractivity contribution < 1.29 is 0 Å². The summed E-state index contributed by atoms with van der Waals surface area (Å²) in [5.41, 5.74) is 1.19. The van der Waals surface area contributed by atoms with Gasteiger partial charge in [0.1, 0.15) is 5.01 Å². The fourth-order valence-corrected chi connectivity index (χ4v) is 3.50. The highest BCUT2D eigenvalue weighted by molar-refractivity contribution is 7.15. The lowest BCUT2D eigenvalue weighted by Gasteiger charge is -2.09. The number of nitrogens with one attached hydrogen (secondary N) is 1. The van der Waals surface area contributed by atoms with Gasteiger partial charge in [-0.3, -0.25) is 0 Å². The van der Waals surface area contributed by atoms with Crippen LogP contribution < -0.4 is 5.32 Å². The van der Waals surface area contributed by atoms with Crippen LogP contribution in [0.3, 0.4) is 0 Å². The van der Waals surface area contributed by atoms with Gasteiger partial charge in [-0.05, 0) is 30.5 Å². The molecule has 1 saturated carbocycles. The van der Waals surface area contributed by atoms with E-state index in [4.69, 9.17) is 11.6 Å². The number of thiazole rings is 1. The smallest absolute Gasteiger partial charge is 0.107 e. The van der Waals surface area contributed by atoms with Crippen LogP contribution in [-0.2, 0) is 6.54 Å². The number of nitrogens with zero attached hydrogens (tertiary/aromatic N) is 1. The fourth-order valence-electron chi connectivity index (χ4n) is 2.50. The second-order valence-electron chi connectivity index (χ2n) is 4.99. The molecule has 1 aliphatic carbocycles. The van der Waals surface area contributed by atoms with E-state index in [-0.39, 0.29) is 0 Å². The Bertz CT molecular complexity index is 529. The maximum atomic E-state index is 5.90. The van der Waals surface area contributed by atoms with Crippen molar-refractivity contribution in [3.63, 3.8) is 0 Å². The summed E-state index contributed by atoms with van der Waals surface area (Å²) in [6, 6.07) is 8.64. The third-order valence-electron chi connectivity index (χ3n) is 3.58. The molecule has 4 heteroatoms. The van der Waals surface area contributed by atoms with Crippen molar-refractivity contribution in [1.82, 2.24) is 10.3 Å². The first kappa shape index (κ1) is 13.1. The zero-order valence-electron chi connectivity index (χ0n) is 10.7. The molecule has 0 unspecified atom stereocenters. The van der Waals surface area contributed by atoms with Crippen LogP contribution in [0.25, 0.3) is 10.4 Å². The molecule has 0 saturated heterocycles. The van der Waals surface area contributed by atoms with Gasteiger partial charge in [-0.2, -0.15) is 0 Å². The van der Waals surface area contributed by atoms with E-state index in [0.717, 1.165) is 16.6 Å². The van der Waals surface area contributed by atoms with E-state index in [2.05, 4.69) is 10.3 Å². The zero-order chi connectivity index (χ0) is 13.1. The van der Waals surface area contributed by atoms with Gasteiger partial charge in [-0.25, -0.2) is 4.98 Å². The van der Waals surface area contributed by atoms with Crippen molar-refractivity contribution in [2.45, 2.75) is 38.3 Å². The Morgan fingerprint density at radius 3 is 2.68 bits per heavy atom. The van der Waals surface area contributed by atoms with Crippen molar-refractivity contribution in [3.05, 3.63) is 40.5 Å². The lowest BCUT2D eigenvalue weighted by molar-refractivity contribution is 0.523.